The van der Waals surface area contributed by atoms with Gasteiger partial charge in [0.2, 0.25) is 0 Å². The van der Waals surface area contributed by atoms with E-state index < -0.39 is 5.97 Å². The van der Waals surface area contributed by atoms with Gasteiger partial charge in [0.05, 0.1) is 23.1 Å². The summed E-state index contributed by atoms with van der Waals surface area (Å²) >= 11 is 0. The van der Waals surface area contributed by atoms with E-state index in [2.05, 4.69) is 11.1 Å². The summed E-state index contributed by atoms with van der Waals surface area (Å²) < 4.78 is 5.33. The lowest BCUT2D eigenvalue weighted by molar-refractivity contribution is 0.0471. The molecule has 1 aromatic heterocycles. The molecule has 0 aliphatic rings. The SMILES string of the molecule is Cc1cc(C)cc(COC(=O)c2cc(N)cnc2C)c1. The van der Waals surface area contributed by atoms with Crippen molar-refractivity contribution >= 4 is 11.7 Å². The van der Waals surface area contributed by atoms with Gasteiger partial charge in [-0.3, -0.25) is 4.98 Å². The quantitative estimate of drug-likeness (QED) is 0.871. The number of carbonyl (C=O) groups is 1. The van der Waals surface area contributed by atoms with E-state index in [-0.39, 0.29) is 6.61 Å². The van der Waals surface area contributed by atoms with Crippen LogP contribution >= 0.6 is 0 Å². The van der Waals surface area contributed by atoms with Gasteiger partial charge >= 0.3 is 5.97 Å². The molecule has 2 rings (SSSR count). The number of aryl methyl sites for hydroxylation is 3. The van der Waals surface area contributed by atoms with Crippen LogP contribution in [0.3, 0.4) is 0 Å². The second-order valence-electron chi connectivity index (χ2n) is 4.97. The largest absolute Gasteiger partial charge is 0.457 e. The Morgan fingerprint density at radius 2 is 1.80 bits per heavy atom. The molecule has 0 aliphatic heterocycles. The molecule has 0 saturated carbocycles. The van der Waals surface area contributed by atoms with Gasteiger partial charge in [-0.05, 0) is 32.4 Å². The molecule has 1 heterocycles. The van der Waals surface area contributed by atoms with E-state index in [4.69, 9.17) is 10.5 Å². The highest BCUT2D eigenvalue weighted by atomic mass is 16.5. The van der Waals surface area contributed by atoms with Crippen LogP contribution in [0.1, 0.15) is 32.7 Å². The lowest BCUT2D eigenvalue weighted by Gasteiger charge is -2.08. The molecule has 0 bridgehead atoms. The number of rotatable bonds is 3. The molecule has 4 nitrogen and oxygen atoms in total. The summed E-state index contributed by atoms with van der Waals surface area (Å²) in [6, 6.07) is 7.68. The summed E-state index contributed by atoms with van der Waals surface area (Å²) in [6.45, 7) is 6.04. The number of nitrogen functional groups attached to an aromatic ring is 1. The molecule has 104 valence electrons. The van der Waals surface area contributed by atoms with Gasteiger partial charge in [0, 0.05) is 0 Å². The molecule has 0 atom stereocenters. The predicted octanol–water partition coefficient (Wildman–Crippen LogP) is 2.95. The minimum Gasteiger partial charge on any atom is -0.457 e. The smallest absolute Gasteiger partial charge is 0.340 e. The van der Waals surface area contributed by atoms with Crippen molar-refractivity contribution in [3.8, 4) is 0 Å². The van der Waals surface area contributed by atoms with Crippen LogP contribution in [0.15, 0.2) is 30.5 Å². The molecule has 0 amide bonds. The molecule has 2 aromatic rings. The zero-order valence-electron chi connectivity index (χ0n) is 11.9. The minimum absolute atomic E-state index is 0.246. The Hall–Kier alpha value is -2.36. The van der Waals surface area contributed by atoms with Crippen LogP contribution in [0.5, 0.6) is 0 Å². The van der Waals surface area contributed by atoms with Gasteiger partial charge < -0.3 is 10.5 Å². The van der Waals surface area contributed by atoms with Crippen LogP contribution in [0.4, 0.5) is 5.69 Å². The van der Waals surface area contributed by atoms with E-state index in [1.54, 1.807) is 13.0 Å². The van der Waals surface area contributed by atoms with E-state index >= 15 is 0 Å². The number of hydrogen-bond donors (Lipinski definition) is 1. The number of anilines is 1. The van der Waals surface area contributed by atoms with Gasteiger partial charge in [-0.2, -0.15) is 0 Å². The summed E-state index contributed by atoms with van der Waals surface area (Å²) in [5, 5.41) is 0. The highest BCUT2D eigenvalue weighted by Crippen LogP contribution is 2.14. The lowest BCUT2D eigenvalue weighted by Crippen LogP contribution is -2.09. The highest BCUT2D eigenvalue weighted by Gasteiger charge is 2.12. The van der Waals surface area contributed by atoms with Crippen LogP contribution in [0.25, 0.3) is 0 Å². The number of carbonyl (C=O) groups excluding carboxylic acids is 1. The van der Waals surface area contributed by atoms with Crippen molar-refractivity contribution < 1.29 is 9.53 Å². The Morgan fingerprint density at radius 3 is 2.45 bits per heavy atom. The van der Waals surface area contributed by atoms with E-state index in [1.165, 1.54) is 6.20 Å². The average molecular weight is 270 g/mol. The van der Waals surface area contributed by atoms with E-state index in [0.29, 0.717) is 16.9 Å². The Morgan fingerprint density at radius 1 is 1.15 bits per heavy atom. The van der Waals surface area contributed by atoms with Gasteiger partial charge in [-0.15, -0.1) is 0 Å². The summed E-state index contributed by atoms with van der Waals surface area (Å²) in [7, 11) is 0. The number of ether oxygens (including phenoxy) is 1. The Kier molecular flexibility index (Phi) is 4.03. The first-order chi connectivity index (χ1) is 9.45. The Bertz CT molecular complexity index is 631. The minimum atomic E-state index is -0.401. The van der Waals surface area contributed by atoms with Crippen molar-refractivity contribution in [2.75, 3.05) is 5.73 Å². The first kappa shape index (κ1) is 14.1. The van der Waals surface area contributed by atoms with Gasteiger partial charge in [0.15, 0.2) is 0 Å². The Labute approximate surface area is 118 Å². The molecule has 0 unspecified atom stereocenters. The first-order valence-electron chi connectivity index (χ1n) is 6.42. The summed E-state index contributed by atoms with van der Waals surface area (Å²) in [5.74, 6) is -0.401. The monoisotopic (exact) mass is 270 g/mol. The molecular weight excluding hydrogens is 252 g/mol. The molecule has 4 heteroatoms. The second kappa shape index (κ2) is 5.74. The molecular formula is C16H18N2O2. The number of benzene rings is 1. The number of pyridine rings is 1. The highest BCUT2D eigenvalue weighted by molar-refractivity contribution is 5.91. The van der Waals surface area contributed by atoms with Crippen molar-refractivity contribution in [3.63, 3.8) is 0 Å². The summed E-state index contributed by atoms with van der Waals surface area (Å²) in [6.07, 6.45) is 1.52. The molecule has 1 aromatic carbocycles. The van der Waals surface area contributed by atoms with Gasteiger partial charge in [-0.25, -0.2) is 4.79 Å². The number of nitrogens with two attached hydrogens (primary N) is 1. The lowest BCUT2D eigenvalue weighted by atomic mass is 10.1. The fourth-order valence-electron chi connectivity index (χ4n) is 2.13. The number of aromatic nitrogens is 1. The standard InChI is InChI=1S/C16H18N2O2/c1-10-4-11(2)6-13(5-10)9-20-16(19)15-7-14(17)8-18-12(15)3/h4-8H,9,17H2,1-3H3. The normalized spacial score (nSPS) is 10.3. The van der Waals surface area contributed by atoms with Crippen molar-refractivity contribution in [2.24, 2.45) is 0 Å². The molecule has 20 heavy (non-hydrogen) atoms. The number of hydrogen-bond acceptors (Lipinski definition) is 4. The zero-order valence-corrected chi connectivity index (χ0v) is 11.9. The van der Waals surface area contributed by atoms with Crippen LogP contribution in [-0.4, -0.2) is 11.0 Å². The van der Waals surface area contributed by atoms with Crippen molar-refractivity contribution in [1.82, 2.24) is 4.98 Å². The van der Waals surface area contributed by atoms with E-state index in [9.17, 15) is 4.79 Å². The van der Waals surface area contributed by atoms with Gasteiger partial charge in [0.1, 0.15) is 6.61 Å². The fourth-order valence-corrected chi connectivity index (χ4v) is 2.13. The van der Waals surface area contributed by atoms with Crippen molar-refractivity contribution in [1.29, 1.82) is 0 Å². The van der Waals surface area contributed by atoms with Gasteiger partial charge in [-0.1, -0.05) is 29.3 Å². The molecule has 0 aliphatic carbocycles. The van der Waals surface area contributed by atoms with Crippen LogP contribution in [0.2, 0.25) is 0 Å². The molecule has 0 radical (unpaired) electrons. The first-order valence-corrected chi connectivity index (χ1v) is 6.42. The van der Waals surface area contributed by atoms with E-state index in [1.807, 2.05) is 26.0 Å². The summed E-state index contributed by atoms with van der Waals surface area (Å²) in [4.78, 5) is 16.1. The summed E-state index contributed by atoms with van der Waals surface area (Å²) in [5.41, 5.74) is 10.4. The molecule has 0 fully saturated rings. The van der Waals surface area contributed by atoms with Crippen LogP contribution in [-0.2, 0) is 11.3 Å². The maximum absolute atomic E-state index is 12.0. The molecule has 0 saturated heterocycles. The molecule has 2 N–H and O–H groups in total. The topological polar surface area (TPSA) is 65.2 Å². The number of nitrogens with zero attached hydrogens (tertiary/aromatic N) is 1. The van der Waals surface area contributed by atoms with Crippen molar-refractivity contribution in [2.45, 2.75) is 27.4 Å². The molecule has 0 spiro atoms. The number of esters is 1. The average Bonchev–Trinajstić information content (AvgIpc) is 2.38. The van der Waals surface area contributed by atoms with E-state index in [0.717, 1.165) is 16.7 Å². The maximum atomic E-state index is 12.0. The fraction of sp³-hybridized carbons (Fsp3) is 0.250. The second-order valence-corrected chi connectivity index (χ2v) is 4.97. The third-order valence-electron chi connectivity index (χ3n) is 2.98. The van der Waals surface area contributed by atoms with Crippen molar-refractivity contribution in [3.05, 3.63) is 58.4 Å². The van der Waals surface area contributed by atoms with Crippen LogP contribution in [0, 0.1) is 20.8 Å². The third-order valence-corrected chi connectivity index (χ3v) is 2.98. The Balaban J connectivity index is 2.10. The zero-order chi connectivity index (χ0) is 14.7. The maximum Gasteiger partial charge on any atom is 0.340 e. The third kappa shape index (κ3) is 3.35. The van der Waals surface area contributed by atoms with Gasteiger partial charge in [0.25, 0.3) is 0 Å². The van der Waals surface area contributed by atoms with Crippen LogP contribution < -0.4 is 5.73 Å². The predicted molar refractivity (Wildman–Crippen MR) is 78.4 cm³/mol.